The van der Waals surface area contributed by atoms with Crippen LogP contribution < -0.4 is 0 Å². The maximum atomic E-state index is 12.6. The second-order valence-electron chi connectivity index (χ2n) is 6.45. The van der Waals surface area contributed by atoms with Crippen LogP contribution in [0.1, 0.15) is 36.2 Å². The molecule has 2 fully saturated rings. The standard InChI is InChI=1S/C17H24N4O3/c1-24-11-3-9-21-15-7-10-20(12-13(15)5-6-16(21)22)17(23)14-4-2-8-18-19-14/h2,4,8,13,15H,3,5-7,9-12H2,1H3/t13-,15+/m0/s1. The summed E-state index contributed by atoms with van der Waals surface area (Å²) < 4.78 is 5.10. The van der Waals surface area contributed by atoms with Gasteiger partial charge in [-0.25, -0.2) is 0 Å². The number of rotatable bonds is 5. The molecule has 2 aliphatic heterocycles. The maximum Gasteiger partial charge on any atom is 0.274 e. The van der Waals surface area contributed by atoms with Gasteiger partial charge in [0.25, 0.3) is 5.91 Å². The van der Waals surface area contributed by atoms with Gasteiger partial charge in [-0.1, -0.05) is 0 Å². The summed E-state index contributed by atoms with van der Waals surface area (Å²) in [6.07, 6.45) is 4.67. The molecule has 0 bridgehead atoms. The SMILES string of the molecule is COCCCN1C(=O)CC[C@H]2CN(C(=O)c3cccnn3)CC[C@H]21. The molecule has 3 heterocycles. The minimum Gasteiger partial charge on any atom is -0.385 e. The lowest BCUT2D eigenvalue weighted by Gasteiger charge is -2.47. The van der Waals surface area contributed by atoms with Crippen LogP contribution in [0.2, 0.25) is 0 Å². The summed E-state index contributed by atoms with van der Waals surface area (Å²) in [6, 6.07) is 3.67. The number of carbonyl (C=O) groups is 2. The fourth-order valence-electron chi connectivity index (χ4n) is 3.78. The van der Waals surface area contributed by atoms with Crippen molar-refractivity contribution in [2.24, 2.45) is 5.92 Å². The number of hydrogen-bond donors (Lipinski definition) is 0. The second-order valence-corrected chi connectivity index (χ2v) is 6.45. The van der Waals surface area contributed by atoms with E-state index in [1.807, 2.05) is 9.80 Å². The van der Waals surface area contributed by atoms with Crippen molar-refractivity contribution in [1.82, 2.24) is 20.0 Å². The highest BCUT2D eigenvalue weighted by atomic mass is 16.5. The van der Waals surface area contributed by atoms with Crippen molar-refractivity contribution in [2.45, 2.75) is 31.7 Å². The fourth-order valence-corrected chi connectivity index (χ4v) is 3.78. The van der Waals surface area contributed by atoms with E-state index in [4.69, 9.17) is 4.74 Å². The number of amides is 2. The first-order valence-corrected chi connectivity index (χ1v) is 8.56. The lowest BCUT2D eigenvalue weighted by atomic mass is 9.83. The molecule has 0 aromatic carbocycles. The van der Waals surface area contributed by atoms with E-state index in [1.54, 1.807) is 25.4 Å². The van der Waals surface area contributed by atoms with Gasteiger partial charge in [-0.3, -0.25) is 9.59 Å². The first-order chi connectivity index (χ1) is 11.7. The van der Waals surface area contributed by atoms with Crippen molar-refractivity contribution in [3.8, 4) is 0 Å². The van der Waals surface area contributed by atoms with E-state index < -0.39 is 0 Å². The van der Waals surface area contributed by atoms with Crippen LogP contribution in [0.25, 0.3) is 0 Å². The third-order valence-electron chi connectivity index (χ3n) is 4.97. The summed E-state index contributed by atoms with van der Waals surface area (Å²) in [4.78, 5) is 28.7. The molecule has 2 saturated heterocycles. The van der Waals surface area contributed by atoms with Crippen molar-refractivity contribution in [3.63, 3.8) is 0 Å². The number of nitrogens with zero attached hydrogens (tertiary/aromatic N) is 4. The third kappa shape index (κ3) is 3.56. The summed E-state index contributed by atoms with van der Waals surface area (Å²) in [6.45, 7) is 2.75. The minimum atomic E-state index is -0.0654. The highest BCUT2D eigenvalue weighted by Gasteiger charge is 2.40. The summed E-state index contributed by atoms with van der Waals surface area (Å²) in [5.74, 6) is 0.519. The van der Waals surface area contributed by atoms with E-state index in [2.05, 4.69) is 10.2 Å². The van der Waals surface area contributed by atoms with Crippen LogP contribution in [0.4, 0.5) is 0 Å². The van der Waals surface area contributed by atoms with Gasteiger partial charge in [0, 0.05) is 52.0 Å². The van der Waals surface area contributed by atoms with Gasteiger partial charge in [-0.05, 0) is 37.3 Å². The second kappa shape index (κ2) is 7.70. The third-order valence-corrected chi connectivity index (χ3v) is 4.97. The van der Waals surface area contributed by atoms with E-state index in [0.717, 1.165) is 25.8 Å². The van der Waals surface area contributed by atoms with E-state index in [1.165, 1.54) is 0 Å². The van der Waals surface area contributed by atoms with E-state index >= 15 is 0 Å². The van der Waals surface area contributed by atoms with Crippen molar-refractivity contribution in [2.75, 3.05) is 33.4 Å². The van der Waals surface area contributed by atoms with E-state index in [0.29, 0.717) is 37.7 Å². The molecule has 1 aromatic rings. The van der Waals surface area contributed by atoms with Gasteiger partial charge >= 0.3 is 0 Å². The van der Waals surface area contributed by atoms with Gasteiger partial charge in [0.1, 0.15) is 0 Å². The molecule has 130 valence electrons. The average molecular weight is 332 g/mol. The molecule has 0 saturated carbocycles. The molecular weight excluding hydrogens is 308 g/mol. The van der Waals surface area contributed by atoms with Crippen LogP contribution in [0.5, 0.6) is 0 Å². The van der Waals surface area contributed by atoms with Crippen LogP contribution in [-0.2, 0) is 9.53 Å². The molecule has 0 spiro atoms. The van der Waals surface area contributed by atoms with Crippen LogP contribution in [0.3, 0.4) is 0 Å². The number of aromatic nitrogens is 2. The normalized spacial score (nSPS) is 24.0. The molecule has 2 atom stereocenters. The Bertz CT molecular complexity index is 580. The van der Waals surface area contributed by atoms with Gasteiger partial charge in [0.15, 0.2) is 5.69 Å². The van der Waals surface area contributed by atoms with Crippen molar-refractivity contribution in [3.05, 3.63) is 24.0 Å². The van der Waals surface area contributed by atoms with Crippen LogP contribution >= 0.6 is 0 Å². The Labute approximate surface area is 142 Å². The summed E-state index contributed by atoms with van der Waals surface area (Å²) in [5.41, 5.74) is 0.389. The Morgan fingerprint density at radius 2 is 2.29 bits per heavy atom. The molecule has 0 aliphatic carbocycles. The lowest BCUT2D eigenvalue weighted by Crippen LogP contribution is -2.57. The largest absolute Gasteiger partial charge is 0.385 e. The highest BCUT2D eigenvalue weighted by Crippen LogP contribution is 2.31. The maximum absolute atomic E-state index is 12.6. The number of methoxy groups -OCH3 is 1. The number of piperidine rings is 2. The van der Waals surface area contributed by atoms with Gasteiger partial charge in [-0.15, -0.1) is 5.10 Å². The van der Waals surface area contributed by atoms with Gasteiger partial charge < -0.3 is 14.5 Å². The molecule has 7 nitrogen and oxygen atoms in total. The molecule has 0 radical (unpaired) electrons. The predicted molar refractivity (Wildman–Crippen MR) is 87.3 cm³/mol. The Morgan fingerprint density at radius 1 is 1.42 bits per heavy atom. The predicted octanol–water partition coefficient (Wildman–Crippen LogP) is 0.966. The summed E-state index contributed by atoms with van der Waals surface area (Å²) in [7, 11) is 1.68. The number of fused-ring (bicyclic) bond motifs is 1. The quantitative estimate of drug-likeness (QED) is 0.751. The number of likely N-dealkylation sites (tertiary alicyclic amines) is 2. The Morgan fingerprint density at radius 3 is 3.04 bits per heavy atom. The molecule has 7 heteroatoms. The van der Waals surface area contributed by atoms with Gasteiger partial charge in [0.2, 0.25) is 5.91 Å². The molecule has 2 aliphatic rings. The number of ether oxygens (including phenoxy) is 1. The molecular formula is C17H24N4O3. The van der Waals surface area contributed by atoms with Gasteiger partial charge in [-0.2, -0.15) is 5.10 Å². The number of hydrogen-bond acceptors (Lipinski definition) is 5. The summed E-state index contributed by atoms with van der Waals surface area (Å²) in [5, 5.41) is 7.70. The van der Waals surface area contributed by atoms with Crippen molar-refractivity contribution >= 4 is 11.8 Å². The van der Waals surface area contributed by atoms with Crippen molar-refractivity contribution < 1.29 is 14.3 Å². The molecule has 1 aromatic heterocycles. The zero-order chi connectivity index (χ0) is 16.9. The zero-order valence-corrected chi connectivity index (χ0v) is 14.1. The van der Waals surface area contributed by atoms with Crippen LogP contribution in [0.15, 0.2) is 18.3 Å². The monoisotopic (exact) mass is 332 g/mol. The minimum absolute atomic E-state index is 0.0654. The molecule has 0 unspecified atom stereocenters. The zero-order valence-electron chi connectivity index (χ0n) is 14.1. The average Bonchev–Trinajstić information content (AvgIpc) is 2.63. The summed E-state index contributed by atoms with van der Waals surface area (Å²) >= 11 is 0. The Balaban J connectivity index is 1.64. The first-order valence-electron chi connectivity index (χ1n) is 8.56. The van der Waals surface area contributed by atoms with Crippen molar-refractivity contribution in [1.29, 1.82) is 0 Å². The smallest absolute Gasteiger partial charge is 0.274 e. The van der Waals surface area contributed by atoms with Gasteiger partial charge in [0.05, 0.1) is 0 Å². The Hall–Kier alpha value is -2.02. The molecule has 0 N–H and O–H groups in total. The topological polar surface area (TPSA) is 75.6 Å². The first kappa shape index (κ1) is 16.8. The Kier molecular flexibility index (Phi) is 5.40. The molecule has 3 rings (SSSR count). The highest BCUT2D eigenvalue weighted by molar-refractivity contribution is 5.92. The van der Waals surface area contributed by atoms with Crippen LogP contribution in [0, 0.1) is 5.92 Å². The van der Waals surface area contributed by atoms with Crippen LogP contribution in [-0.4, -0.2) is 71.2 Å². The van der Waals surface area contributed by atoms with E-state index in [-0.39, 0.29) is 17.9 Å². The molecule has 2 amide bonds. The van der Waals surface area contributed by atoms with E-state index in [9.17, 15) is 9.59 Å². The number of carbonyl (C=O) groups excluding carboxylic acids is 2. The lowest BCUT2D eigenvalue weighted by molar-refractivity contribution is -0.140. The fraction of sp³-hybridized carbons (Fsp3) is 0.647. The molecule has 24 heavy (non-hydrogen) atoms.